The number of fused-ring (bicyclic) bond motifs is 6. The molecule has 12 rings (SSSR count). The van der Waals surface area contributed by atoms with E-state index in [9.17, 15) is 0 Å². The summed E-state index contributed by atoms with van der Waals surface area (Å²) in [6, 6.07) is 70.2. The van der Waals surface area contributed by atoms with Crippen molar-refractivity contribution in [1.29, 1.82) is 0 Å². The molecule has 2 nitrogen and oxygen atoms in total. The third kappa shape index (κ3) is 4.63. The number of hydrogen-bond acceptors (Lipinski definition) is 2. The van der Waals surface area contributed by atoms with Crippen molar-refractivity contribution in [2.45, 2.75) is 0 Å². The maximum Gasteiger partial charge on any atom is 0.0893 e. The third-order valence-corrected chi connectivity index (χ3v) is 11.8. The minimum Gasteiger partial charge on any atom is -0.246 e. The second-order valence-corrected chi connectivity index (χ2v) is 14.9. The average molecular weight is 709 g/mol. The number of benzene rings is 8. The molecule has 2 heteroatoms. The Morgan fingerprint density at radius 2 is 0.571 bits per heavy atom. The summed E-state index contributed by atoms with van der Waals surface area (Å²) in [7, 11) is 0. The molecule has 2 heterocycles. The number of hydrogen-bond donors (Lipinski definition) is 0. The van der Waals surface area contributed by atoms with Gasteiger partial charge in [-0.1, -0.05) is 152 Å². The molecule has 0 bridgehead atoms. The van der Waals surface area contributed by atoms with Crippen LogP contribution in [0.1, 0.15) is 0 Å². The van der Waals surface area contributed by atoms with Crippen LogP contribution in [-0.2, 0) is 0 Å². The number of rotatable bonds is 5. The number of pyridine rings is 2. The maximum atomic E-state index is 5.31. The van der Waals surface area contributed by atoms with Gasteiger partial charge in [-0.15, -0.1) is 0 Å². The van der Waals surface area contributed by atoms with Crippen molar-refractivity contribution >= 4 is 21.5 Å². The lowest BCUT2D eigenvalue weighted by molar-refractivity contribution is 1.25. The van der Waals surface area contributed by atoms with Crippen molar-refractivity contribution in [3.05, 3.63) is 194 Å². The molecule has 0 saturated carbocycles. The molecule has 0 fully saturated rings. The van der Waals surface area contributed by atoms with E-state index >= 15 is 0 Å². The highest BCUT2D eigenvalue weighted by Gasteiger charge is 2.25. The van der Waals surface area contributed by atoms with Gasteiger partial charge in [0.2, 0.25) is 0 Å². The summed E-state index contributed by atoms with van der Waals surface area (Å²) >= 11 is 0. The topological polar surface area (TPSA) is 25.8 Å². The molecule has 0 saturated heterocycles. The first kappa shape index (κ1) is 31.0. The van der Waals surface area contributed by atoms with E-state index in [2.05, 4.69) is 188 Å². The minimum absolute atomic E-state index is 0.846. The second kappa shape index (κ2) is 12.0. The van der Waals surface area contributed by atoms with Gasteiger partial charge in [0.15, 0.2) is 0 Å². The van der Waals surface area contributed by atoms with Gasteiger partial charge in [0.25, 0.3) is 0 Å². The highest BCUT2D eigenvalue weighted by molar-refractivity contribution is 6.20. The fourth-order valence-corrected chi connectivity index (χ4v) is 9.29. The van der Waals surface area contributed by atoms with Gasteiger partial charge in [0, 0.05) is 11.1 Å². The largest absolute Gasteiger partial charge is 0.246 e. The van der Waals surface area contributed by atoms with Crippen molar-refractivity contribution in [2.75, 3.05) is 0 Å². The predicted octanol–water partition coefficient (Wildman–Crippen LogP) is 14.4. The van der Waals surface area contributed by atoms with E-state index in [1.54, 1.807) is 0 Å². The standard InChI is InChI=1S/C54H32N2/c1-2-12-33(13-3-1)49-22-10-24-51(55-49)52-25-11-23-50(56-52)36-31-34(37-26-28-47-41-16-6-4-14-39(41)45-20-8-18-43(37)53(45)47)30-35(32-36)38-27-29-48-42-17-7-5-15-40(42)46-21-9-19-44(38)54(46)48/h1-32H. The van der Waals surface area contributed by atoms with Crippen LogP contribution in [0.2, 0.25) is 0 Å². The molecule has 0 spiro atoms. The van der Waals surface area contributed by atoms with E-state index in [1.807, 2.05) is 6.07 Å². The van der Waals surface area contributed by atoms with Crippen LogP contribution in [0.4, 0.5) is 0 Å². The van der Waals surface area contributed by atoms with Gasteiger partial charge in [-0.05, 0) is 131 Å². The van der Waals surface area contributed by atoms with E-state index in [0.29, 0.717) is 0 Å². The van der Waals surface area contributed by atoms with Crippen LogP contribution >= 0.6 is 0 Å². The normalized spacial score (nSPS) is 11.9. The molecule has 2 aromatic heterocycles. The molecule has 258 valence electrons. The second-order valence-electron chi connectivity index (χ2n) is 14.9. The van der Waals surface area contributed by atoms with Gasteiger partial charge < -0.3 is 0 Å². The smallest absolute Gasteiger partial charge is 0.0893 e. The average Bonchev–Trinajstić information content (AvgIpc) is 3.78. The molecule has 2 aliphatic rings. The van der Waals surface area contributed by atoms with Gasteiger partial charge in [0.05, 0.1) is 22.8 Å². The first-order valence-electron chi connectivity index (χ1n) is 19.2. The van der Waals surface area contributed by atoms with Crippen molar-refractivity contribution < 1.29 is 0 Å². The lowest BCUT2D eigenvalue weighted by Gasteiger charge is -2.16. The van der Waals surface area contributed by atoms with E-state index in [1.165, 1.54) is 88.3 Å². The fraction of sp³-hybridized carbons (Fsp3) is 0. The Labute approximate surface area is 325 Å². The molecule has 56 heavy (non-hydrogen) atoms. The highest BCUT2D eigenvalue weighted by Crippen LogP contribution is 2.51. The summed E-state index contributed by atoms with van der Waals surface area (Å²) in [5.41, 5.74) is 20.9. The minimum atomic E-state index is 0.846. The van der Waals surface area contributed by atoms with Crippen molar-refractivity contribution in [3.8, 4) is 101 Å². The predicted molar refractivity (Wildman–Crippen MR) is 233 cm³/mol. The Kier molecular flexibility index (Phi) is 6.66. The molecule has 0 radical (unpaired) electrons. The van der Waals surface area contributed by atoms with Crippen LogP contribution in [0, 0.1) is 0 Å². The maximum absolute atomic E-state index is 5.31. The summed E-state index contributed by atoms with van der Waals surface area (Å²) in [6.07, 6.45) is 0. The SMILES string of the molecule is c1ccc(-c2cccc(-c3cccc(-c4cc(-c5ccc6c7c(cccc57)-c5ccccc5-6)cc(-c5ccc6c7c(cccc57)-c5ccccc5-6)c4)n3)n2)cc1. The zero-order chi connectivity index (χ0) is 36.7. The molecule has 0 aliphatic heterocycles. The lowest BCUT2D eigenvalue weighted by Crippen LogP contribution is -1.93. The van der Waals surface area contributed by atoms with Crippen LogP contribution < -0.4 is 0 Å². The van der Waals surface area contributed by atoms with E-state index in [0.717, 1.165) is 33.9 Å². The molecule has 10 aromatic rings. The Morgan fingerprint density at radius 3 is 1.07 bits per heavy atom. The first-order valence-corrected chi connectivity index (χ1v) is 19.2. The molecule has 0 unspecified atom stereocenters. The van der Waals surface area contributed by atoms with E-state index in [4.69, 9.17) is 9.97 Å². The molecular weight excluding hydrogens is 677 g/mol. The van der Waals surface area contributed by atoms with Crippen LogP contribution in [-0.4, -0.2) is 9.97 Å². The van der Waals surface area contributed by atoms with Crippen LogP contribution in [0.25, 0.3) is 122 Å². The molecule has 0 atom stereocenters. The Morgan fingerprint density at radius 1 is 0.214 bits per heavy atom. The van der Waals surface area contributed by atoms with Gasteiger partial charge >= 0.3 is 0 Å². The van der Waals surface area contributed by atoms with Crippen molar-refractivity contribution in [3.63, 3.8) is 0 Å². The van der Waals surface area contributed by atoms with E-state index in [-0.39, 0.29) is 0 Å². The highest BCUT2D eigenvalue weighted by atomic mass is 14.8. The van der Waals surface area contributed by atoms with E-state index < -0.39 is 0 Å². The quantitative estimate of drug-likeness (QED) is 0.178. The van der Waals surface area contributed by atoms with Crippen LogP contribution in [0.5, 0.6) is 0 Å². The first-order chi connectivity index (χ1) is 27.8. The van der Waals surface area contributed by atoms with Gasteiger partial charge in [-0.2, -0.15) is 0 Å². The summed E-state index contributed by atoms with van der Waals surface area (Å²) in [5.74, 6) is 0. The van der Waals surface area contributed by atoms with Gasteiger partial charge in [-0.25, -0.2) is 9.97 Å². The Hall–Kier alpha value is -7.42. The summed E-state index contributed by atoms with van der Waals surface area (Å²) in [6.45, 7) is 0. The van der Waals surface area contributed by atoms with Crippen LogP contribution in [0.15, 0.2) is 194 Å². The van der Waals surface area contributed by atoms with Gasteiger partial charge in [0.1, 0.15) is 0 Å². The number of nitrogens with zero attached hydrogens (tertiary/aromatic N) is 2. The van der Waals surface area contributed by atoms with Crippen molar-refractivity contribution in [1.82, 2.24) is 9.97 Å². The van der Waals surface area contributed by atoms with Crippen LogP contribution in [0.3, 0.4) is 0 Å². The zero-order valence-electron chi connectivity index (χ0n) is 30.4. The fourth-order valence-electron chi connectivity index (χ4n) is 9.29. The molecule has 0 N–H and O–H groups in total. The zero-order valence-corrected chi connectivity index (χ0v) is 30.4. The molecule has 8 aromatic carbocycles. The van der Waals surface area contributed by atoms with Crippen molar-refractivity contribution in [2.24, 2.45) is 0 Å². The summed E-state index contributed by atoms with van der Waals surface area (Å²) in [4.78, 5) is 10.4. The monoisotopic (exact) mass is 708 g/mol. The summed E-state index contributed by atoms with van der Waals surface area (Å²) < 4.78 is 0. The molecule has 2 aliphatic carbocycles. The molecular formula is C54H32N2. The molecule has 0 amide bonds. The Bertz CT molecular complexity index is 3040. The van der Waals surface area contributed by atoms with Gasteiger partial charge in [-0.3, -0.25) is 0 Å². The number of aromatic nitrogens is 2. The Balaban J connectivity index is 1.07. The third-order valence-electron chi connectivity index (χ3n) is 11.8. The lowest BCUT2D eigenvalue weighted by atomic mass is 9.88. The summed E-state index contributed by atoms with van der Waals surface area (Å²) in [5, 5.41) is 5.18.